The van der Waals surface area contributed by atoms with Crippen molar-refractivity contribution in [1.82, 2.24) is 4.90 Å². The number of carbonyl (C=O) groups is 1. The minimum absolute atomic E-state index is 0.0613. The maximum atomic E-state index is 12.9. The topological polar surface area (TPSA) is 63.7 Å². The molecule has 0 unspecified atom stereocenters. The van der Waals surface area contributed by atoms with Crippen molar-refractivity contribution in [2.45, 2.75) is 24.2 Å². The molecule has 0 atom stereocenters. The molecule has 3 aromatic carbocycles. The monoisotopic (exact) mass is 395 g/mol. The molecule has 0 bridgehead atoms. The zero-order valence-electron chi connectivity index (χ0n) is 15.4. The molecule has 0 aliphatic carbocycles. The molecule has 3 aromatic rings. The van der Waals surface area contributed by atoms with E-state index in [0.717, 1.165) is 30.0 Å². The van der Waals surface area contributed by atoms with Crippen LogP contribution >= 0.6 is 0 Å². The highest BCUT2D eigenvalue weighted by atomic mass is 32.2. The van der Waals surface area contributed by atoms with Gasteiger partial charge in [-0.15, -0.1) is 0 Å². The summed E-state index contributed by atoms with van der Waals surface area (Å²) in [6.45, 7) is 1.37. The summed E-state index contributed by atoms with van der Waals surface area (Å²) in [5, 5.41) is 1.76. The normalized spacial score (nSPS) is 14.8. The van der Waals surface area contributed by atoms with Crippen molar-refractivity contribution in [3.05, 3.63) is 72.3 Å². The van der Waals surface area contributed by atoms with Gasteiger partial charge in [0.05, 0.1) is 5.56 Å². The largest absolute Gasteiger partial charge is 0.378 e. The maximum absolute atomic E-state index is 12.9. The zero-order valence-corrected chi connectivity index (χ0v) is 16.2. The highest BCUT2D eigenvalue weighted by Gasteiger charge is 2.24. The number of fused-ring (bicyclic) bond motifs is 1. The molecule has 144 valence electrons. The van der Waals surface area contributed by atoms with Gasteiger partial charge in [-0.05, 0) is 54.3 Å². The number of carbonyl (C=O) groups excluding carboxylic acids is 1. The minimum atomic E-state index is -4.06. The van der Waals surface area contributed by atoms with Crippen molar-refractivity contribution in [3.8, 4) is 5.75 Å². The molecule has 1 heterocycles. The van der Waals surface area contributed by atoms with Crippen LogP contribution in [0.15, 0.2) is 71.6 Å². The number of hydrogen-bond acceptors (Lipinski definition) is 4. The van der Waals surface area contributed by atoms with Crippen LogP contribution in [0.25, 0.3) is 10.8 Å². The Bertz CT molecular complexity index is 1120. The first-order chi connectivity index (χ1) is 13.5. The van der Waals surface area contributed by atoms with Crippen LogP contribution < -0.4 is 4.18 Å². The number of piperidine rings is 1. The van der Waals surface area contributed by atoms with Gasteiger partial charge in [-0.1, -0.05) is 42.5 Å². The summed E-state index contributed by atoms with van der Waals surface area (Å²) in [6, 6.07) is 18.9. The van der Waals surface area contributed by atoms with E-state index in [1.54, 1.807) is 35.2 Å². The number of likely N-dealkylation sites (tertiary alicyclic amines) is 1. The van der Waals surface area contributed by atoms with Gasteiger partial charge in [0.15, 0.2) is 5.75 Å². The molecular formula is C22H21NO4S. The number of amides is 1. The van der Waals surface area contributed by atoms with Crippen molar-refractivity contribution in [3.63, 3.8) is 0 Å². The first kappa shape index (κ1) is 18.5. The lowest BCUT2D eigenvalue weighted by Crippen LogP contribution is -2.35. The first-order valence-corrected chi connectivity index (χ1v) is 10.8. The van der Waals surface area contributed by atoms with Crippen LogP contribution in [0, 0.1) is 0 Å². The Hall–Kier alpha value is -2.86. The second-order valence-corrected chi connectivity index (χ2v) is 8.44. The fourth-order valence-electron chi connectivity index (χ4n) is 3.47. The molecule has 5 nitrogen and oxygen atoms in total. The highest BCUT2D eigenvalue weighted by Crippen LogP contribution is 2.27. The fraction of sp³-hybridized carbons (Fsp3) is 0.227. The molecule has 0 saturated carbocycles. The smallest absolute Gasteiger partial charge is 0.339 e. The van der Waals surface area contributed by atoms with Gasteiger partial charge in [-0.3, -0.25) is 4.79 Å². The van der Waals surface area contributed by atoms with Crippen LogP contribution in [0.4, 0.5) is 0 Å². The number of benzene rings is 3. The molecule has 1 saturated heterocycles. The summed E-state index contributed by atoms with van der Waals surface area (Å²) in [5.41, 5.74) is 0.272. The molecule has 1 fully saturated rings. The van der Waals surface area contributed by atoms with E-state index in [0.29, 0.717) is 13.1 Å². The summed E-state index contributed by atoms with van der Waals surface area (Å²) < 4.78 is 31.1. The Kier molecular flexibility index (Phi) is 5.05. The van der Waals surface area contributed by atoms with Crippen LogP contribution in [0.1, 0.15) is 29.6 Å². The first-order valence-electron chi connectivity index (χ1n) is 9.36. The molecule has 0 spiro atoms. The van der Waals surface area contributed by atoms with Crippen LogP contribution in [-0.4, -0.2) is 32.3 Å². The summed E-state index contributed by atoms with van der Waals surface area (Å²) in [6.07, 6.45) is 3.03. The van der Waals surface area contributed by atoms with Gasteiger partial charge >= 0.3 is 10.1 Å². The van der Waals surface area contributed by atoms with Gasteiger partial charge in [-0.25, -0.2) is 0 Å². The molecule has 1 aliphatic rings. The number of para-hydroxylation sites is 1. The molecule has 1 aliphatic heterocycles. The maximum Gasteiger partial charge on any atom is 0.339 e. The lowest BCUT2D eigenvalue weighted by Gasteiger charge is -2.27. The SMILES string of the molecule is O=C(c1ccccc1OS(=O)(=O)c1ccc2ccccc2c1)N1CCCCC1. The summed E-state index contributed by atoms with van der Waals surface area (Å²) in [7, 11) is -4.06. The van der Waals surface area contributed by atoms with Gasteiger partial charge in [0.25, 0.3) is 5.91 Å². The third-order valence-corrected chi connectivity index (χ3v) is 6.20. The summed E-state index contributed by atoms with van der Waals surface area (Å²) in [5.74, 6) is -0.129. The number of nitrogens with zero attached hydrogens (tertiary/aromatic N) is 1. The van der Waals surface area contributed by atoms with Crippen molar-refractivity contribution < 1.29 is 17.4 Å². The third-order valence-electron chi connectivity index (χ3n) is 4.97. The highest BCUT2D eigenvalue weighted by molar-refractivity contribution is 7.87. The summed E-state index contributed by atoms with van der Waals surface area (Å²) in [4.78, 5) is 14.7. The lowest BCUT2D eigenvalue weighted by molar-refractivity contribution is 0.0722. The third kappa shape index (κ3) is 3.73. The van der Waals surface area contributed by atoms with Crippen LogP contribution in [0.2, 0.25) is 0 Å². The Morgan fingerprint density at radius 2 is 1.50 bits per heavy atom. The van der Waals surface area contributed by atoms with Crippen LogP contribution in [0.3, 0.4) is 0 Å². The Labute approximate surface area is 164 Å². The van der Waals surface area contributed by atoms with Crippen LogP contribution in [-0.2, 0) is 10.1 Å². The molecule has 0 radical (unpaired) electrons. The molecule has 4 rings (SSSR count). The van der Waals surface area contributed by atoms with E-state index in [1.165, 1.54) is 12.1 Å². The van der Waals surface area contributed by atoms with E-state index in [2.05, 4.69) is 0 Å². The predicted molar refractivity (Wildman–Crippen MR) is 108 cm³/mol. The molecule has 0 N–H and O–H groups in total. The quantitative estimate of drug-likeness (QED) is 0.620. The van der Waals surface area contributed by atoms with Gasteiger partial charge in [-0.2, -0.15) is 8.42 Å². The average Bonchev–Trinajstić information content (AvgIpc) is 2.73. The average molecular weight is 395 g/mol. The minimum Gasteiger partial charge on any atom is -0.378 e. The standard InChI is InChI=1S/C22H21NO4S/c24-22(23-14-6-1-7-15-23)20-10-4-5-11-21(20)27-28(25,26)19-13-12-17-8-2-3-9-18(17)16-19/h2-5,8-13,16H,1,6-7,14-15H2. The van der Waals surface area contributed by atoms with E-state index in [9.17, 15) is 13.2 Å². The van der Waals surface area contributed by atoms with Crippen molar-refractivity contribution >= 4 is 26.8 Å². The van der Waals surface area contributed by atoms with E-state index in [-0.39, 0.29) is 22.1 Å². The van der Waals surface area contributed by atoms with Crippen LogP contribution in [0.5, 0.6) is 5.75 Å². The summed E-state index contributed by atoms with van der Waals surface area (Å²) >= 11 is 0. The fourth-order valence-corrected chi connectivity index (χ4v) is 4.46. The van der Waals surface area contributed by atoms with E-state index in [4.69, 9.17) is 4.18 Å². The Morgan fingerprint density at radius 1 is 0.821 bits per heavy atom. The van der Waals surface area contributed by atoms with Crippen molar-refractivity contribution in [2.75, 3.05) is 13.1 Å². The number of hydrogen-bond donors (Lipinski definition) is 0. The molecule has 6 heteroatoms. The predicted octanol–water partition coefficient (Wildman–Crippen LogP) is 4.23. The van der Waals surface area contributed by atoms with Gasteiger partial charge < -0.3 is 9.08 Å². The molecular weight excluding hydrogens is 374 g/mol. The zero-order chi connectivity index (χ0) is 19.6. The second-order valence-electron chi connectivity index (χ2n) is 6.90. The number of rotatable bonds is 4. The molecule has 0 aromatic heterocycles. The Balaban J connectivity index is 1.65. The van der Waals surface area contributed by atoms with Gasteiger partial charge in [0, 0.05) is 13.1 Å². The van der Waals surface area contributed by atoms with E-state index in [1.807, 2.05) is 24.3 Å². The van der Waals surface area contributed by atoms with E-state index >= 15 is 0 Å². The van der Waals surface area contributed by atoms with Crippen molar-refractivity contribution in [1.29, 1.82) is 0 Å². The Morgan fingerprint density at radius 3 is 2.29 bits per heavy atom. The van der Waals surface area contributed by atoms with E-state index < -0.39 is 10.1 Å². The van der Waals surface area contributed by atoms with Gasteiger partial charge in [0.1, 0.15) is 4.90 Å². The lowest BCUT2D eigenvalue weighted by atomic mass is 10.1. The molecule has 1 amide bonds. The molecule has 28 heavy (non-hydrogen) atoms. The second kappa shape index (κ2) is 7.64. The van der Waals surface area contributed by atoms with Crippen molar-refractivity contribution in [2.24, 2.45) is 0 Å². The van der Waals surface area contributed by atoms with Gasteiger partial charge in [0.2, 0.25) is 0 Å².